The normalized spacial score (nSPS) is 12.5. The summed E-state index contributed by atoms with van der Waals surface area (Å²) in [7, 11) is 0. The highest BCUT2D eigenvalue weighted by molar-refractivity contribution is 9.11. The molecule has 0 heterocycles. The molecule has 0 bridgehead atoms. The van der Waals surface area contributed by atoms with Crippen molar-refractivity contribution in [1.29, 1.82) is 0 Å². The Kier molecular flexibility index (Phi) is 10.1. The Morgan fingerprint density at radius 3 is 2.19 bits per heavy atom. The molecule has 0 unspecified atom stereocenters. The smallest absolute Gasteiger partial charge is 0.335 e. The second-order valence-corrected chi connectivity index (χ2v) is 5.32. The number of esters is 2. The molecule has 0 saturated carbocycles. The van der Waals surface area contributed by atoms with Crippen molar-refractivity contribution in [2.75, 3.05) is 13.2 Å². The molecule has 21 heavy (non-hydrogen) atoms. The summed E-state index contributed by atoms with van der Waals surface area (Å²) in [5.74, 6) is -0.847. The molecule has 0 saturated heterocycles. The Morgan fingerprint density at radius 2 is 1.76 bits per heavy atom. The standard InChI is InChI=1S/C15H20BrClO4/c1-5-12(15(19)21-7-3)13(17)8-11(10(4)16)9-14(18)20-6-2/h8H,4-7,9H2,1-3H3/b11-8-,13-12-. The molecule has 0 atom stereocenters. The van der Waals surface area contributed by atoms with Gasteiger partial charge in [0, 0.05) is 4.48 Å². The summed E-state index contributed by atoms with van der Waals surface area (Å²) in [5.41, 5.74) is 0.905. The highest BCUT2D eigenvalue weighted by atomic mass is 79.9. The molecule has 0 rings (SSSR count). The first-order valence-corrected chi connectivity index (χ1v) is 7.81. The van der Waals surface area contributed by atoms with Crippen LogP contribution in [0.5, 0.6) is 0 Å². The fourth-order valence-corrected chi connectivity index (χ4v) is 2.06. The van der Waals surface area contributed by atoms with E-state index in [0.29, 0.717) is 28.7 Å². The Morgan fingerprint density at radius 1 is 1.19 bits per heavy atom. The van der Waals surface area contributed by atoms with Gasteiger partial charge in [0.2, 0.25) is 0 Å². The molecule has 0 spiro atoms. The van der Waals surface area contributed by atoms with Crippen molar-refractivity contribution in [2.24, 2.45) is 0 Å². The van der Waals surface area contributed by atoms with Crippen molar-refractivity contribution in [3.8, 4) is 0 Å². The molecule has 0 aliphatic rings. The first-order chi connectivity index (χ1) is 9.87. The number of hydrogen-bond acceptors (Lipinski definition) is 4. The van der Waals surface area contributed by atoms with Crippen LogP contribution in [0.3, 0.4) is 0 Å². The number of carbonyl (C=O) groups excluding carboxylic acids is 2. The fraction of sp³-hybridized carbons (Fsp3) is 0.467. The van der Waals surface area contributed by atoms with Crippen LogP contribution < -0.4 is 0 Å². The molecule has 0 aromatic rings. The number of carbonyl (C=O) groups is 2. The van der Waals surface area contributed by atoms with Gasteiger partial charge in [-0.1, -0.05) is 41.0 Å². The summed E-state index contributed by atoms with van der Waals surface area (Å²) < 4.78 is 10.3. The summed E-state index contributed by atoms with van der Waals surface area (Å²) in [6.07, 6.45) is 1.98. The van der Waals surface area contributed by atoms with Crippen LogP contribution in [-0.2, 0) is 19.1 Å². The number of halogens is 2. The van der Waals surface area contributed by atoms with Crippen LogP contribution in [0.1, 0.15) is 33.6 Å². The highest BCUT2D eigenvalue weighted by Crippen LogP contribution is 2.25. The van der Waals surface area contributed by atoms with E-state index < -0.39 is 5.97 Å². The van der Waals surface area contributed by atoms with Crippen LogP contribution in [0.2, 0.25) is 0 Å². The molecule has 6 heteroatoms. The second kappa shape index (κ2) is 10.6. The predicted molar refractivity (Wildman–Crippen MR) is 87.2 cm³/mol. The average molecular weight is 380 g/mol. The lowest BCUT2D eigenvalue weighted by atomic mass is 10.1. The minimum atomic E-state index is -0.461. The Labute approximate surface area is 139 Å². The van der Waals surface area contributed by atoms with Gasteiger partial charge in [0.05, 0.1) is 30.2 Å². The minimum absolute atomic E-state index is 0.0218. The van der Waals surface area contributed by atoms with E-state index in [9.17, 15) is 9.59 Å². The molecule has 0 radical (unpaired) electrons. The van der Waals surface area contributed by atoms with Crippen molar-refractivity contribution >= 4 is 39.5 Å². The van der Waals surface area contributed by atoms with Crippen LogP contribution in [-0.4, -0.2) is 25.2 Å². The van der Waals surface area contributed by atoms with Crippen molar-refractivity contribution in [3.05, 3.63) is 33.3 Å². The molecule has 4 nitrogen and oxygen atoms in total. The third-order valence-electron chi connectivity index (χ3n) is 2.45. The lowest BCUT2D eigenvalue weighted by Crippen LogP contribution is -2.09. The van der Waals surface area contributed by atoms with Crippen LogP contribution in [0.25, 0.3) is 0 Å². The van der Waals surface area contributed by atoms with E-state index in [1.807, 2.05) is 0 Å². The zero-order valence-electron chi connectivity index (χ0n) is 12.5. The molecule has 0 amide bonds. The number of rotatable bonds is 8. The topological polar surface area (TPSA) is 52.6 Å². The van der Waals surface area contributed by atoms with Gasteiger partial charge >= 0.3 is 11.9 Å². The minimum Gasteiger partial charge on any atom is -0.466 e. The van der Waals surface area contributed by atoms with E-state index in [1.54, 1.807) is 20.8 Å². The lowest BCUT2D eigenvalue weighted by molar-refractivity contribution is -0.142. The molecule has 0 N–H and O–H groups in total. The van der Waals surface area contributed by atoms with Crippen molar-refractivity contribution in [3.63, 3.8) is 0 Å². The quantitative estimate of drug-likeness (QED) is 0.359. The highest BCUT2D eigenvalue weighted by Gasteiger charge is 2.15. The Hall–Kier alpha value is -1.07. The van der Waals surface area contributed by atoms with Gasteiger partial charge < -0.3 is 9.47 Å². The van der Waals surface area contributed by atoms with E-state index in [4.69, 9.17) is 21.1 Å². The van der Waals surface area contributed by atoms with Gasteiger partial charge in [-0.3, -0.25) is 4.79 Å². The summed E-state index contributed by atoms with van der Waals surface area (Å²) in [5, 5.41) is 0.232. The second-order valence-electron chi connectivity index (χ2n) is 3.96. The van der Waals surface area contributed by atoms with Gasteiger partial charge in [0.1, 0.15) is 0 Å². The van der Waals surface area contributed by atoms with E-state index in [0.717, 1.165) is 0 Å². The van der Waals surface area contributed by atoms with Crippen molar-refractivity contribution < 1.29 is 19.1 Å². The molecule has 0 aromatic carbocycles. The maximum atomic E-state index is 11.8. The van der Waals surface area contributed by atoms with Crippen molar-refractivity contribution in [1.82, 2.24) is 0 Å². The number of allylic oxidation sites excluding steroid dienone is 3. The van der Waals surface area contributed by atoms with Crippen molar-refractivity contribution in [2.45, 2.75) is 33.6 Å². The maximum absolute atomic E-state index is 11.8. The fourth-order valence-electron chi connectivity index (χ4n) is 1.46. The first kappa shape index (κ1) is 19.9. The van der Waals surface area contributed by atoms with Gasteiger partial charge in [-0.05, 0) is 31.9 Å². The Bertz CT molecular complexity index is 466. The lowest BCUT2D eigenvalue weighted by Gasteiger charge is -2.08. The SMILES string of the molecule is C=C(Br)/C(=C\C(Cl)=C(/CC)C(=O)OCC)CC(=O)OCC. The molecular weight excluding hydrogens is 360 g/mol. The summed E-state index contributed by atoms with van der Waals surface area (Å²) in [6.45, 7) is 9.56. The molecular formula is C15H20BrClO4. The first-order valence-electron chi connectivity index (χ1n) is 6.63. The predicted octanol–water partition coefficient (Wildman–Crippen LogP) is 4.24. The molecule has 0 aliphatic carbocycles. The maximum Gasteiger partial charge on any atom is 0.335 e. The summed E-state index contributed by atoms with van der Waals surface area (Å²) >= 11 is 9.39. The van der Waals surface area contributed by atoms with Gasteiger partial charge in [-0.2, -0.15) is 0 Å². The summed E-state index contributed by atoms with van der Waals surface area (Å²) in [6, 6.07) is 0. The van der Waals surface area contributed by atoms with Crippen LogP contribution in [0.15, 0.2) is 33.3 Å². The zero-order chi connectivity index (χ0) is 16.4. The van der Waals surface area contributed by atoms with E-state index >= 15 is 0 Å². The van der Waals surface area contributed by atoms with Crippen LogP contribution in [0.4, 0.5) is 0 Å². The van der Waals surface area contributed by atoms with Gasteiger partial charge in [0.25, 0.3) is 0 Å². The monoisotopic (exact) mass is 378 g/mol. The van der Waals surface area contributed by atoms with Crippen LogP contribution >= 0.6 is 27.5 Å². The third-order valence-corrected chi connectivity index (χ3v) is 3.30. The molecule has 0 fully saturated rings. The number of ether oxygens (including phenoxy) is 2. The van der Waals surface area contributed by atoms with Crippen LogP contribution in [0, 0.1) is 0 Å². The number of hydrogen-bond donors (Lipinski definition) is 0. The summed E-state index contributed by atoms with van der Waals surface area (Å²) in [4.78, 5) is 23.3. The van der Waals surface area contributed by atoms with Gasteiger partial charge in [0.15, 0.2) is 0 Å². The largest absolute Gasteiger partial charge is 0.466 e. The van der Waals surface area contributed by atoms with Gasteiger partial charge in [-0.25, -0.2) is 4.79 Å². The van der Waals surface area contributed by atoms with E-state index in [-0.39, 0.29) is 24.0 Å². The van der Waals surface area contributed by atoms with E-state index in [1.165, 1.54) is 6.08 Å². The zero-order valence-corrected chi connectivity index (χ0v) is 14.8. The average Bonchev–Trinajstić information content (AvgIpc) is 2.39. The van der Waals surface area contributed by atoms with Gasteiger partial charge in [-0.15, -0.1) is 0 Å². The molecule has 0 aliphatic heterocycles. The Balaban J connectivity index is 5.37. The molecule has 0 aromatic heterocycles. The molecule has 118 valence electrons. The van der Waals surface area contributed by atoms with E-state index in [2.05, 4.69) is 22.5 Å². The third kappa shape index (κ3) is 7.48.